The lowest BCUT2D eigenvalue weighted by molar-refractivity contribution is -0.721. The summed E-state index contributed by atoms with van der Waals surface area (Å²) in [5, 5.41) is 0. The first-order valence-corrected chi connectivity index (χ1v) is 4.08. The quantitative estimate of drug-likeness (QED) is 0.541. The van der Waals surface area contributed by atoms with E-state index in [4.69, 9.17) is 0 Å². The summed E-state index contributed by atoms with van der Waals surface area (Å²) in [5.41, 5.74) is 1.32. The van der Waals surface area contributed by atoms with E-state index in [0.717, 1.165) is 0 Å². The zero-order valence-corrected chi connectivity index (χ0v) is 8.05. The van der Waals surface area contributed by atoms with Crippen LogP contribution in [-0.2, 0) is 7.05 Å². The van der Waals surface area contributed by atoms with Crippen molar-refractivity contribution in [2.75, 3.05) is 0 Å². The second kappa shape index (κ2) is 2.68. The second-order valence-electron chi connectivity index (χ2n) is 3.38. The molecule has 0 aliphatic heterocycles. The van der Waals surface area contributed by atoms with E-state index in [1.807, 2.05) is 0 Å². The summed E-state index contributed by atoms with van der Waals surface area (Å²) in [4.78, 5) is 0. The Morgan fingerprint density at radius 3 is 2.09 bits per heavy atom. The molecule has 0 aliphatic rings. The minimum atomic E-state index is 0.565. The highest BCUT2D eigenvalue weighted by Gasteiger charge is 2.14. The summed E-state index contributed by atoms with van der Waals surface area (Å²) in [5.74, 6) is 1.32. The molecule has 0 spiro atoms. The Morgan fingerprint density at radius 2 is 1.91 bits per heavy atom. The average Bonchev–Trinajstić information content (AvgIpc) is 2.17. The lowest BCUT2D eigenvalue weighted by atomic mass is 10.4. The van der Waals surface area contributed by atoms with Crippen LogP contribution in [0.3, 0.4) is 0 Å². The molecule has 1 rings (SSSR count). The SMILES string of the molecule is Cc1c[n+](C(C)C)c(C)n1C. The highest BCUT2D eigenvalue weighted by atomic mass is 15.2. The minimum Gasteiger partial charge on any atom is -0.235 e. The molecule has 2 heteroatoms. The van der Waals surface area contributed by atoms with Crippen LogP contribution in [0, 0.1) is 13.8 Å². The van der Waals surface area contributed by atoms with Crippen molar-refractivity contribution in [2.45, 2.75) is 33.7 Å². The monoisotopic (exact) mass is 153 g/mol. The van der Waals surface area contributed by atoms with Gasteiger partial charge >= 0.3 is 0 Å². The zero-order valence-electron chi connectivity index (χ0n) is 8.05. The van der Waals surface area contributed by atoms with Gasteiger partial charge in [0.25, 0.3) is 5.82 Å². The van der Waals surface area contributed by atoms with Crippen LogP contribution >= 0.6 is 0 Å². The van der Waals surface area contributed by atoms with Crippen LogP contribution in [0.25, 0.3) is 0 Å². The van der Waals surface area contributed by atoms with Crippen molar-refractivity contribution < 1.29 is 4.57 Å². The fourth-order valence-corrected chi connectivity index (χ4v) is 1.33. The first kappa shape index (κ1) is 8.31. The number of aryl methyl sites for hydroxylation is 1. The van der Waals surface area contributed by atoms with Crippen LogP contribution in [0.1, 0.15) is 31.4 Å². The van der Waals surface area contributed by atoms with Crippen molar-refractivity contribution in [3.63, 3.8) is 0 Å². The van der Waals surface area contributed by atoms with Gasteiger partial charge in [0.05, 0.1) is 13.1 Å². The summed E-state index contributed by atoms with van der Waals surface area (Å²) in [7, 11) is 2.10. The molecule has 0 atom stereocenters. The van der Waals surface area contributed by atoms with Crippen molar-refractivity contribution in [3.05, 3.63) is 17.7 Å². The minimum absolute atomic E-state index is 0.565. The molecule has 0 amide bonds. The van der Waals surface area contributed by atoms with Gasteiger partial charge < -0.3 is 0 Å². The Labute approximate surface area is 68.5 Å². The molecule has 1 heterocycles. The molecule has 0 aliphatic carbocycles. The molecule has 62 valence electrons. The first-order valence-electron chi connectivity index (χ1n) is 4.08. The molecule has 0 N–H and O–H groups in total. The fraction of sp³-hybridized carbons (Fsp3) is 0.667. The van der Waals surface area contributed by atoms with Gasteiger partial charge in [-0.1, -0.05) is 0 Å². The van der Waals surface area contributed by atoms with Crippen molar-refractivity contribution in [2.24, 2.45) is 7.05 Å². The second-order valence-corrected chi connectivity index (χ2v) is 3.38. The Bertz CT molecular complexity index is 259. The number of rotatable bonds is 1. The predicted octanol–water partition coefficient (Wildman–Crippen LogP) is 1.51. The van der Waals surface area contributed by atoms with Crippen LogP contribution in [0.4, 0.5) is 0 Å². The van der Waals surface area contributed by atoms with Crippen LogP contribution in [0.2, 0.25) is 0 Å². The van der Waals surface area contributed by atoms with Crippen LogP contribution in [0.15, 0.2) is 6.20 Å². The molecule has 0 aromatic carbocycles. The van der Waals surface area contributed by atoms with E-state index in [1.165, 1.54) is 11.5 Å². The number of nitrogens with zero attached hydrogens (tertiary/aromatic N) is 2. The topological polar surface area (TPSA) is 8.81 Å². The molecule has 1 aromatic heterocycles. The van der Waals surface area contributed by atoms with E-state index in [9.17, 15) is 0 Å². The smallest absolute Gasteiger partial charge is 0.235 e. The molecule has 2 nitrogen and oxygen atoms in total. The van der Waals surface area contributed by atoms with Crippen LogP contribution in [0.5, 0.6) is 0 Å². The number of imidazole rings is 1. The third-order valence-corrected chi connectivity index (χ3v) is 2.27. The fourth-order valence-electron chi connectivity index (χ4n) is 1.33. The summed E-state index contributed by atoms with van der Waals surface area (Å²) in [6.07, 6.45) is 2.19. The summed E-state index contributed by atoms with van der Waals surface area (Å²) in [6, 6.07) is 0.565. The Morgan fingerprint density at radius 1 is 1.36 bits per heavy atom. The number of hydrogen-bond donors (Lipinski definition) is 0. The van der Waals surface area contributed by atoms with Gasteiger partial charge in [-0.15, -0.1) is 0 Å². The van der Waals surface area contributed by atoms with Crippen molar-refractivity contribution in [3.8, 4) is 0 Å². The van der Waals surface area contributed by atoms with Gasteiger partial charge in [-0.3, -0.25) is 0 Å². The molecule has 0 saturated heterocycles. The molecule has 1 aromatic rings. The van der Waals surface area contributed by atoms with Gasteiger partial charge in [0.1, 0.15) is 11.9 Å². The molecule has 0 bridgehead atoms. The van der Waals surface area contributed by atoms with E-state index in [2.05, 4.69) is 50.1 Å². The van der Waals surface area contributed by atoms with Gasteiger partial charge in [-0.25, -0.2) is 9.13 Å². The number of aromatic nitrogens is 2. The van der Waals surface area contributed by atoms with Gasteiger partial charge in [-0.05, 0) is 13.8 Å². The largest absolute Gasteiger partial charge is 0.253 e. The lowest BCUT2D eigenvalue weighted by Gasteiger charge is -2.00. The molecule has 0 saturated carbocycles. The maximum Gasteiger partial charge on any atom is 0.253 e. The maximum atomic E-state index is 2.29. The lowest BCUT2D eigenvalue weighted by Crippen LogP contribution is -2.37. The maximum absolute atomic E-state index is 2.29. The standard InChI is InChI=1S/C9H17N2/c1-7(2)11-6-8(3)10(5)9(11)4/h6-7H,1-5H3/q+1. The highest BCUT2D eigenvalue weighted by Crippen LogP contribution is 2.01. The van der Waals surface area contributed by atoms with Gasteiger partial charge in [0.15, 0.2) is 0 Å². The third-order valence-electron chi connectivity index (χ3n) is 2.27. The van der Waals surface area contributed by atoms with Gasteiger partial charge in [-0.2, -0.15) is 0 Å². The van der Waals surface area contributed by atoms with Gasteiger partial charge in [0.2, 0.25) is 0 Å². The van der Waals surface area contributed by atoms with Crippen LogP contribution < -0.4 is 4.57 Å². The molecule has 0 fully saturated rings. The van der Waals surface area contributed by atoms with E-state index in [-0.39, 0.29) is 0 Å². The molecular formula is C9H17N2+. The Kier molecular flexibility index (Phi) is 2.03. The highest BCUT2D eigenvalue weighted by molar-refractivity contribution is 4.93. The van der Waals surface area contributed by atoms with E-state index >= 15 is 0 Å². The molecule has 11 heavy (non-hydrogen) atoms. The van der Waals surface area contributed by atoms with Crippen molar-refractivity contribution >= 4 is 0 Å². The number of hydrogen-bond acceptors (Lipinski definition) is 0. The molecular weight excluding hydrogens is 136 g/mol. The summed E-state index contributed by atoms with van der Waals surface area (Å²) in [6.45, 7) is 8.68. The van der Waals surface area contributed by atoms with Crippen molar-refractivity contribution in [1.82, 2.24) is 4.57 Å². The Hall–Kier alpha value is -0.790. The van der Waals surface area contributed by atoms with Crippen LogP contribution in [-0.4, -0.2) is 4.57 Å². The molecule has 0 radical (unpaired) electrons. The van der Waals surface area contributed by atoms with Crippen molar-refractivity contribution in [1.29, 1.82) is 0 Å². The zero-order chi connectivity index (χ0) is 8.59. The van der Waals surface area contributed by atoms with E-state index in [1.54, 1.807) is 0 Å². The predicted molar refractivity (Wildman–Crippen MR) is 45.5 cm³/mol. The molecule has 0 unspecified atom stereocenters. The van der Waals surface area contributed by atoms with E-state index in [0.29, 0.717) is 6.04 Å². The van der Waals surface area contributed by atoms with Gasteiger partial charge in [0, 0.05) is 13.8 Å². The Balaban J connectivity index is 3.19. The summed E-state index contributed by atoms with van der Waals surface area (Å²) >= 11 is 0. The summed E-state index contributed by atoms with van der Waals surface area (Å²) < 4.78 is 4.50. The first-order chi connectivity index (χ1) is 5.04. The normalized spacial score (nSPS) is 11.1. The van der Waals surface area contributed by atoms with E-state index < -0.39 is 0 Å². The average molecular weight is 153 g/mol. The third kappa shape index (κ3) is 1.30.